The molecule has 5 nitrogen and oxygen atoms in total. The fourth-order valence-electron chi connectivity index (χ4n) is 1.89. The predicted octanol–water partition coefficient (Wildman–Crippen LogP) is 3.00. The van der Waals surface area contributed by atoms with Gasteiger partial charge in [0.25, 0.3) is 0 Å². The fourth-order valence-corrected chi connectivity index (χ4v) is 2.02. The fraction of sp³-hybridized carbons (Fsp3) is 0.500. The van der Waals surface area contributed by atoms with E-state index in [2.05, 4.69) is 16.0 Å². The molecule has 2 atom stereocenters. The normalized spacial score (nSPS) is 14.1. The third-order valence-electron chi connectivity index (χ3n) is 2.99. The highest BCUT2D eigenvalue weighted by molar-refractivity contribution is 6.30. The van der Waals surface area contributed by atoms with Crippen molar-refractivity contribution in [3.8, 4) is 0 Å². The van der Waals surface area contributed by atoms with Crippen LogP contribution >= 0.6 is 11.6 Å². The van der Waals surface area contributed by atoms with Gasteiger partial charge in [-0.25, -0.2) is 4.79 Å². The Morgan fingerprint density at radius 1 is 1.09 bits per heavy atom. The first-order chi connectivity index (χ1) is 10.1. The highest BCUT2D eigenvalue weighted by atomic mass is 35.5. The average molecular weight is 326 g/mol. The molecule has 0 heterocycles. The Kier molecular flexibility index (Phi) is 6.38. The molecule has 6 heteroatoms. The Balaban J connectivity index is 2.53. The topological polar surface area (TPSA) is 70.2 Å². The molecule has 1 aromatic rings. The van der Waals surface area contributed by atoms with Crippen molar-refractivity contribution in [3.05, 3.63) is 34.9 Å². The van der Waals surface area contributed by atoms with Crippen molar-refractivity contribution in [2.45, 2.75) is 52.2 Å². The van der Waals surface area contributed by atoms with Gasteiger partial charge in [0.15, 0.2) is 0 Å². The number of urea groups is 1. The molecule has 2 unspecified atom stereocenters. The van der Waals surface area contributed by atoms with Crippen LogP contribution in [-0.4, -0.2) is 23.5 Å². The van der Waals surface area contributed by atoms with E-state index >= 15 is 0 Å². The summed E-state index contributed by atoms with van der Waals surface area (Å²) in [5.74, 6) is -0.373. The molecule has 0 aliphatic carbocycles. The molecule has 1 aromatic carbocycles. The molecule has 0 fully saturated rings. The summed E-state index contributed by atoms with van der Waals surface area (Å²) in [4.78, 5) is 23.7. The summed E-state index contributed by atoms with van der Waals surface area (Å²) in [5.41, 5.74) is 0.626. The zero-order valence-electron chi connectivity index (χ0n) is 13.7. The van der Waals surface area contributed by atoms with Gasteiger partial charge in [-0.3, -0.25) is 15.4 Å². The molecule has 22 heavy (non-hydrogen) atoms. The highest BCUT2D eigenvalue weighted by Crippen LogP contribution is 2.16. The number of imide groups is 1. The summed E-state index contributed by atoms with van der Waals surface area (Å²) < 4.78 is 0. The second-order valence-electron chi connectivity index (χ2n) is 6.35. The molecule has 122 valence electrons. The number of rotatable bonds is 4. The molecular formula is C16H24ClN3O2. The van der Waals surface area contributed by atoms with Crippen molar-refractivity contribution in [3.63, 3.8) is 0 Å². The van der Waals surface area contributed by atoms with Crippen molar-refractivity contribution in [2.24, 2.45) is 0 Å². The smallest absolute Gasteiger partial charge is 0.321 e. The van der Waals surface area contributed by atoms with Crippen LogP contribution in [0.15, 0.2) is 24.3 Å². The Morgan fingerprint density at radius 2 is 1.64 bits per heavy atom. The molecule has 3 amide bonds. The van der Waals surface area contributed by atoms with E-state index in [1.165, 1.54) is 0 Å². The van der Waals surface area contributed by atoms with Crippen molar-refractivity contribution < 1.29 is 9.59 Å². The molecule has 0 saturated carbocycles. The van der Waals surface area contributed by atoms with Crippen LogP contribution in [0, 0.1) is 0 Å². The number of benzene rings is 1. The van der Waals surface area contributed by atoms with E-state index < -0.39 is 17.6 Å². The summed E-state index contributed by atoms with van der Waals surface area (Å²) in [6, 6.07) is 6.37. The van der Waals surface area contributed by atoms with Gasteiger partial charge < -0.3 is 5.32 Å². The summed E-state index contributed by atoms with van der Waals surface area (Å²) in [5, 5.41) is 8.83. The SMILES string of the molecule is CC(NC(C)c1ccc(Cl)cc1)C(=O)NC(=O)NC(C)(C)C. The van der Waals surface area contributed by atoms with E-state index in [0.29, 0.717) is 5.02 Å². The van der Waals surface area contributed by atoms with Crippen molar-refractivity contribution in [2.75, 3.05) is 0 Å². The summed E-state index contributed by atoms with van der Waals surface area (Å²) >= 11 is 5.85. The standard InChI is InChI=1S/C16H24ClN3O2/c1-10(12-6-8-13(17)9-7-12)18-11(2)14(21)19-15(22)20-16(3,4)5/h6-11,18H,1-5H3,(H2,19,20,21,22). The molecule has 0 spiro atoms. The first-order valence-corrected chi connectivity index (χ1v) is 7.61. The number of carbonyl (C=O) groups is 2. The minimum atomic E-state index is -0.503. The second-order valence-corrected chi connectivity index (χ2v) is 6.79. The molecule has 0 aliphatic heterocycles. The molecule has 0 saturated heterocycles. The van der Waals surface area contributed by atoms with Crippen LogP contribution in [-0.2, 0) is 4.79 Å². The lowest BCUT2D eigenvalue weighted by molar-refractivity contribution is -0.121. The summed E-state index contributed by atoms with van der Waals surface area (Å²) in [7, 11) is 0. The largest absolute Gasteiger partial charge is 0.333 e. The molecule has 0 aromatic heterocycles. The van der Waals surface area contributed by atoms with E-state index in [1.807, 2.05) is 39.8 Å². The van der Waals surface area contributed by atoms with Crippen molar-refractivity contribution in [1.29, 1.82) is 0 Å². The van der Waals surface area contributed by atoms with Gasteiger partial charge in [-0.05, 0) is 52.3 Å². The van der Waals surface area contributed by atoms with Crippen LogP contribution in [0.5, 0.6) is 0 Å². The van der Waals surface area contributed by atoms with E-state index in [-0.39, 0.29) is 11.9 Å². The van der Waals surface area contributed by atoms with Gasteiger partial charge in [-0.15, -0.1) is 0 Å². The molecule has 3 N–H and O–H groups in total. The quantitative estimate of drug-likeness (QED) is 0.797. The Hall–Kier alpha value is -1.59. The maximum absolute atomic E-state index is 12.0. The molecule has 0 aliphatic rings. The number of hydrogen-bond donors (Lipinski definition) is 3. The first kappa shape index (κ1) is 18.5. The molecule has 0 bridgehead atoms. The maximum atomic E-state index is 12.0. The highest BCUT2D eigenvalue weighted by Gasteiger charge is 2.20. The van der Waals surface area contributed by atoms with Crippen molar-refractivity contribution >= 4 is 23.5 Å². The van der Waals surface area contributed by atoms with Crippen LogP contribution in [0.1, 0.15) is 46.2 Å². The Bertz CT molecular complexity index is 523. The molecule has 0 radical (unpaired) electrons. The van der Waals surface area contributed by atoms with Gasteiger partial charge in [-0.2, -0.15) is 0 Å². The zero-order chi connectivity index (χ0) is 16.9. The lowest BCUT2D eigenvalue weighted by Crippen LogP contribution is -2.52. The zero-order valence-corrected chi connectivity index (χ0v) is 14.4. The van der Waals surface area contributed by atoms with Crippen LogP contribution in [0.4, 0.5) is 4.79 Å². The monoisotopic (exact) mass is 325 g/mol. The Morgan fingerprint density at radius 3 is 2.14 bits per heavy atom. The van der Waals surface area contributed by atoms with E-state index in [4.69, 9.17) is 11.6 Å². The molecular weight excluding hydrogens is 302 g/mol. The second kappa shape index (κ2) is 7.61. The van der Waals surface area contributed by atoms with Gasteiger partial charge in [0, 0.05) is 16.6 Å². The lowest BCUT2D eigenvalue weighted by atomic mass is 10.1. The number of nitrogens with one attached hydrogen (secondary N) is 3. The third-order valence-corrected chi connectivity index (χ3v) is 3.24. The van der Waals surface area contributed by atoms with Crippen LogP contribution < -0.4 is 16.0 Å². The van der Waals surface area contributed by atoms with Gasteiger partial charge in [0.2, 0.25) is 5.91 Å². The van der Waals surface area contributed by atoms with Gasteiger partial charge >= 0.3 is 6.03 Å². The summed E-state index contributed by atoms with van der Waals surface area (Å²) in [6.45, 7) is 9.21. The molecule has 1 rings (SSSR count). The van der Waals surface area contributed by atoms with Gasteiger partial charge in [0.05, 0.1) is 6.04 Å². The van der Waals surface area contributed by atoms with Crippen molar-refractivity contribution in [1.82, 2.24) is 16.0 Å². The average Bonchev–Trinajstić information content (AvgIpc) is 2.36. The van der Waals surface area contributed by atoms with E-state index in [0.717, 1.165) is 5.56 Å². The van der Waals surface area contributed by atoms with E-state index in [9.17, 15) is 9.59 Å². The van der Waals surface area contributed by atoms with Crippen LogP contribution in [0.3, 0.4) is 0 Å². The number of carbonyl (C=O) groups excluding carboxylic acids is 2. The summed E-state index contributed by atoms with van der Waals surface area (Å²) in [6.07, 6.45) is 0. The lowest BCUT2D eigenvalue weighted by Gasteiger charge is -2.23. The van der Waals surface area contributed by atoms with Crippen LogP contribution in [0.25, 0.3) is 0 Å². The minimum absolute atomic E-state index is 0.0382. The van der Waals surface area contributed by atoms with E-state index in [1.54, 1.807) is 19.1 Å². The van der Waals surface area contributed by atoms with Crippen LogP contribution in [0.2, 0.25) is 5.02 Å². The Labute approximate surface area is 136 Å². The van der Waals surface area contributed by atoms with Gasteiger partial charge in [-0.1, -0.05) is 23.7 Å². The predicted molar refractivity (Wildman–Crippen MR) is 88.9 cm³/mol. The number of amides is 3. The number of halogens is 1. The number of hydrogen-bond acceptors (Lipinski definition) is 3. The minimum Gasteiger partial charge on any atom is -0.333 e. The third kappa shape index (κ3) is 6.45. The van der Waals surface area contributed by atoms with Gasteiger partial charge in [0.1, 0.15) is 0 Å². The maximum Gasteiger partial charge on any atom is 0.321 e. The first-order valence-electron chi connectivity index (χ1n) is 7.23.